The highest BCUT2D eigenvalue weighted by Crippen LogP contribution is 2.13. The second-order valence-electron chi connectivity index (χ2n) is 4.24. The van der Waals surface area contributed by atoms with Gasteiger partial charge in [-0.15, -0.1) is 0 Å². The smallest absolute Gasteiger partial charge is 0.287 e. The van der Waals surface area contributed by atoms with Crippen LogP contribution in [0.5, 0.6) is 0 Å². The van der Waals surface area contributed by atoms with Crippen molar-refractivity contribution in [3.8, 4) is 0 Å². The number of hydrogen-bond acceptors (Lipinski definition) is 4. The minimum Gasteiger partial charge on any atom is -0.456 e. The minimum absolute atomic E-state index is 0.249. The SMILES string of the molecule is Cc1ccc(C(=O)NCC2(O)CCNC2)o1. The third-order valence-electron chi connectivity index (χ3n) is 2.76. The zero-order valence-electron chi connectivity index (χ0n) is 9.25. The minimum atomic E-state index is -0.822. The van der Waals surface area contributed by atoms with E-state index in [1.165, 1.54) is 0 Å². The molecular weight excluding hydrogens is 208 g/mol. The molecule has 1 aromatic heterocycles. The molecule has 1 aromatic rings. The number of carbonyl (C=O) groups excluding carboxylic acids is 1. The fourth-order valence-corrected chi connectivity index (χ4v) is 1.77. The van der Waals surface area contributed by atoms with Crippen molar-refractivity contribution in [1.82, 2.24) is 10.6 Å². The number of β-amino-alcohol motifs (C(OH)–C–C–N with tert-alkyl or cyclic N) is 1. The quantitative estimate of drug-likeness (QED) is 0.678. The largest absolute Gasteiger partial charge is 0.456 e. The first-order valence-electron chi connectivity index (χ1n) is 5.37. The van der Waals surface area contributed by atoms with Crippen molar-refractivity contribution >= 4 is 5.91 Å². The van der Waals surface area contributed by atoms with Crippen molar-refractivity contribution in [2.24, 2.45) is 0 Å². The van der Waals surface area contributed by atoms with Gasteiger partial charge in [-0.25, -0.2) is 0 Å². The summed E-state index contributed by atoms with van der Waals surface area (Å²) in [6, 6.07) is 3.36. The molecule has 0 saturated carbocycles. The second-order valence-corrected chi connectivity index (χ2v) is 4.24. The van der Waals surface area contributed by atoms with Crippen LogP contribution < -0.4 is 10.6 Å². The lowest BCUT2D eigenvalue weighted by atomic mass is 10.0. The molecule has 1 fully saturated rings. The van der Waals surface area contributed by atoms with Gasteiger partial charge >= 0.3 is 0 Å². The standard InChI is InChI=1S/C11H16N2O3/c1-8-2-3-9(16-8)10(14)13-7-11(15)4-5-12-6-11/h2-3,12,15H,4-7H2,1H3,(H,13,14). The second kappa shape index (κ2) is 4.27. The number of amides is 1. The molecule has 0 bridgehead atoms. The van der Waals surface area contributed by atoms with Gasteiger partial charge in [0.2, 0.25) is 0 Å². The van der Waals surface area contributed by atoms with Crippen molar-refractivity contribution < 1.29 is 14.3 Å². The summed E-state index contributed by atoms with van der Waals surface area (Å²) in [6.45, 7) is 3.33. The van der Waals surface area contributed by atoms with Gasteiger partial charge < -0.3 is 20.2 Å². The normalized spacial score (nSPS) is 24.6. The van der Waals surface area contributed by atoms with E-state index in [1.807, 2.05) is 0 Å². The summed E-state index contributed by atoms with van der Waals surface area (Å²) >= 11 is 0. The van der Waals surface area contributed by atoms with E-state index in [4.69, 9.17) is 4.42 Å². The van der Waals surface area contributed by atoms with Gasteiger partial charge in [0, 0.05) is 13.1 Å². The molecule has 5 heteroatoms. The van der Waals surface area contributed by atoms with Gasteiger partial charge in [-0.3, -0.25) is 4.79 Å². The topological polar surface area (TPSA) is 74.5 Å². The van der Waals surface area contributed by atoms with Gasteiger partial charge in [-0.2, -0.15) is 0 Å². The van der Waals surface area contributed by atoms with Crippen LogP contribution in [0.3, 0.4) is 0 Å². The van der Waals surface area contributed by atoms with Crippen LogP contribution >= 0.6 is 0 Å². The Balaban J connectivity index is 1.88. The molecule has 0 aliphatic carbocycles. The summed E-state index contributed by atoms with van der Waals surface area (Å²) in [7, 11) is 0. The molecule has 1 saturated heterocycles. The highest BCUT2D eigenvalue weighted by atomic mass is 16.3. The number of aliphatic hydroxyl groups is 1. The van der Waals surface area contributed by atoms with Crippen LogP contribution in [0.1, 0.15) is 22.7 Å². The van der Waals surface area contributed by atoms with Gasteiger partial charge in [-0.1, -0.05) is 0 Å². The van der Waals surface area contributed by atoms with Crippen LogP contribution in [0.4, 0.5) is 0 Å². The van der Waals surface area contributed by atoms with Crippen LogP contribution in [0.2, 0.25) is 0 Å². The molecule has 0 spiro atoms. The summed E-state index contributed by atoms with van der Waals surface area (Å²) in [6.07, 6.45) is 0.657. The summed E-state index contributed by atoms with van der Waals surface area (Å²) in [4.78, 5) is 11.6. The maximum Gasteiger partial charge on any atom is 0.287 e. The Bertz CT molecular complexity index is 380. The Hall–Kier alpha value is -1.33. The van der Waals surface area contributed by atoms with Crippen LogP contribution in [-0.4, -0.2) is 36.2 Å². The van der Waals surface area contributed by atoms with E-state index in [0.29, 0.717) is 18.7 Å². The van der Waals surface area contributed by atoms with Gasteiger partial charge in [0.1, 0.15) is 5.76 Å². The molecule has 2 heterocycles. The van der Waals surface area contributed by atoms with Gasteiger partial charge in [0.15, 0.2) is 5.76 Å². The highest BCUT2D eigenvalue weighted by molar-refractivity contribution is 5.91. The number of aryl methyl sites for hydroxylation is 1. The first kappa shape index (κ1) is 11.2. The van der Waals surface area contributed by atoms with Crippen molar-refractivity contribution in [1.29, 1.82) is 0 Å². The Morgan fingerprint density at radius 3 is 3.06 bits per heavy atom. The molecule has 3 N–H and O–H groups in total. The number of hydrogen-bond donors (Lipinski definition) is 3. The van der Waals surface area contributed by atoms with Crippen LogP contribution in [-0.2, 0) is 0 Å². The zero-order chi connectivity index (χ0) is 11.6. The monoisotopic (exact) mass is 224 g/mol. The van der Waals surface area contributed by atoms with Gasteiger partial charge in [-0.05, 0) is 32.0 Å². The van der Waals surface area contributed by atoms with E-state index in [-0.39, 0.29) is 18.2 Å². The van der Waals surface area contributed by atoms with E-state index in [0.717, 1.165) is 6.54 Å². The maximum absolute atomic E-state index is 11.6. The number of rotatable bonds is 3. The third-order valence-corrected chi connectivity index (χ3v) is 2.76. The maximum atomic E-state index is 11.6. The fourth-order valence-electron chi connectivity index (χ4n) is 1.77. The Morgan fingerprint density at radius 2 is 2.50 bits per heavy atom. The van der Waals surface area contributed by atoms with E-state index >= 15 is 0 Å². The predicted octanol–water partition coefficient (Wildman–Crippen LogP) is 0.0422. The summed E-state index contributed by atoms with van der Waals surface area (Å²) in [5, 5.41) is 15.7. The van der Waals surface area contributed by atoms with Gasteiger partial charge in [0.25, 0.3) is 5.91 Å². The lowest BCUT2D eigenvalue weighted by Gasteiger charge is -2.21. The van der Waals surface area contributed by atoms with Crippen LogP contribution in [0.25, 0.3) is 0 Å². The molecule has 5 nitrogen and oxygen atoms in total. The fraction of sp³-hybridized carbons (Fsp3) is 0.545. The molecule has 1 atom stereocenters. The van der Waals surface area contributed by atoms with Crippen molar-refractivity contribution in [3.05, 3.63) is 23.7 Å². The first-order chi connectivity index (χ1) is 7.59. The molecular formula is C11H16N2O3. The lowest BCUT2D eigenvalue weighted by Crippen LogP contribution is -2.44. The average Bonchev–Trinajstić information content (AvgIpc) is 2.85. The molecule has 0 radical (unpaired) electrons. The molecule has 1 amide bonds. The molecule has 1 unspecified atom stereocenters. The Morgan fingerprint density at radius 1 is 1.69 bits per heavy atom. The lowest BCUT2D eigenvalue weighted by molar-refractivity contribution is 0.0553. The van der Waals surface area contributed by atoms with Crippen LogP contribution in [0, 0.1) is 6.92 Å². The van der Waals surface area contributed by atoms with Crippen molar-refractivity contribution in [3.63, 3.8) is 0 Å². The summed E-state index contributed by atoms with van der Waals surface area (Å²) in [5.74, 6) is 0.701. The summed E-state index contributed by atoms with van der Waals surface area (Å²) in [5.41, 5.74) is -0.822. The molecule has 0 aromatic carbocycles. The molecule has 88 valence electrons. The van der Waals surface area contributed by atoms with Crippen molar-refractivity contribution in [2.45, 2.75) is 18.9 Å². The predicted molar refractivity (Wildman–Crippen MR) is 58.2 cm³/mol. The Kier molecular flexibility index (Phi) is 2.98. The molecule has 1 aliphatic rings. The molecule has 1 aliphatic heterocycles. The zero-order valence-corrected chi connectivity index (χ0v) is 9.25. The van der Waals surface area contributed by atoms with E-state index in [1.54, 1.807) is 19.1 Å². The van der Waals surface area contributed by atoms with Crippen molar-refractivity contribution in [2.75, 3.05) is 19.6 Å². The number of nitrogens with one attached hydrogen (secondary N) is 2. The molecule has 16 heavy (non-hydrogen) atoms. The first-order valence-corrected chi connectivity index (χ1v) is 5.37. The highest BCUT2D eigenvalue weighted by Gasteiger charge is 2.31. The van der Waals surface area contributed by atoms with E-state index < -0.39 is 5.60 Å². The Labute approximate surface area is 93.8 Å². The van der Waals surface area contributed by atoms with Gasteiger partial charge in [0.05, 0.1) is 5.60 Å². The third kappa shape index (κ3) is 2.43. The van der Waals surface area contributed by atoms with E-state index in [9.17, 15) is 9.90 Å². The molecule has 2 rings (SSSR count). The van der Waals surface area contributed by atoms with Crippen LogP contribution in [0.15, 0.2) is 16.5 Å². The summed E-state index contributed by atoms with van der Waals surface area (Å²) < 4.78 is 5.18. The number of furan rings is 1. The number of carbonyl (C=O) groups is 1. The average molecular weight is 224 g/mol. The van der Waals surface area contributed by atoms with E-state index in [2.05, 4.69) is 10.6 Å².